The molecule has 2 heterocycles. The van der Waals surface area contributed by atoms with Crippen LogP contribution in [-0.4, -0.2) is 14.8 Å². The molecule has 5 nitrogen and oxygen atoms in total. The number of pyridine rings is 1. The van der Waals surface area contributed by atoms with E-state index in [1.165, 1.54) is 23.0 Å². The monoisotopic (exact) mass is 440 g/mol. The lowest BCUT2D eigenvalue weighted by Gasteiger charge is -2.21. The Hall–Kier alpha value is -3.22. The van der Waals surface area contributed by atoms with Crippen molar-refractivity contribution in [3.05, 3.63) is 117 Å². The van der Waals surface area contributed by atoms with E-state index in [0.717, 1.165) is 0 Å². The van der Waals surface area contributed by atoms with Gasteiger partial charge in [0.25, 0.3) is 5.56 Å². The van der Waals surface area contributed by atoms with Crippen LogP contribution in [0.1, 0.15) is 17.3 Å². The van der Waals surface area contributed by atoms with Crippen molar-refractivity contribution >= 4 is 28.9 Å². The maximum atomic E-state index is 13.8. The van der Waals surface area contributed by atoms with Crippen LogP contribution in [0.25, 0.3) is 5.69 Å². The summed E-state index contributed by atoms with van der Waals surface area (Å²) in [5.41, 5.74) is 1.62. The first kappa shape index (κ1) is 20.1. The van der Waals surface area contributed by atoms with Crippen LogP contribution in [0.2, 0.25) is 10.0 Å². The third kappa shape index (κ3) is 4.20. The second-order valence-electron chi connectivity index (χ2n) is 6.45. The molecule has 0 bridgehead atoms. The number of nitrogens with zero attached hydrogens (tertiary/aromatic N) is 3. The molecule has 0 fully saturated rings. The Balaban J connectivity index is 1.74. The molecule has 30 heavy (non-hydrogen) atoms. The second kappa shape index (κ2) is 8.65. The van der Waals surface area contributed by atoms with Gasteiger partial charge in [-0.15, -0.1) is 0 Å². The molecule has 0 saturated carbocycles. The Morgan fingerprint density at radius 3 is 2.50 bits per heavy atom. The first-order valence-corrected chi connectivity index (χ1v) is 9.75. The molecule has 1 unspecified atom stereocenters. The van der Waals surface area contributed by atoms with Gasteiger partial charge < -0.3 is 5.32 Å². The fourth-order valence-corrected chi connectivity index (χ4v) is 3.33. The first-order valence-electron chi connectivity index (χ1n) is 8.99. The molecule has 0 aliphatic rings. The fraction of sp³-hybridized carbons (Fsp3) is 0.0455. The quantitative estimate of drug-likeness (QED) is 0.458. The Kier molecular flexibility index (Phi) is 5.79. The van der Waals surface area contributed by atoms with Gasteiger partial charge in [-0.3, -0.25) is 9.78 Å². The number of anilines is 1. The maximum absolute atomic E-state index is 13.8. The molecule has 1 N–H and O–H groups in total. The molecule has 0 amide bonds. The van der Waals surface area contributed by atoms with Crippen molar-refractivity contribution in [3.8, 4) is 5.69 Å². The highest BCUT2D eigenvalue weighted by Crippen LogP contribution is 2.28. The molecule has 2 aromatic heterocycles. The molecule has 150 valence electrons. The van der Waals surface area contributed by atoms with Crippen LogP contribution in [0.5, 0.6) is 0 Å². The van der Waals surface area contributed by atoms with Gasteiger partial charge >= 0.3 is 0 Å². The summed E-state index contributed by atoms with van der Waals surface area (Å²) < 4.78 is 15.0. The third-order valence-corrected chi connectivity index (χ3v) is 5.07. The largest absolute Gasteiger partial charge is 0.370 e. The van der Waals surface area contributed by atoms with Crippen molar-refractivity contribution in [2.45, 2.75) is 6.04 Å². The molecule has 0 aliphatic heterocycles. The summed E-state index contributed by atoms with van der Waals surface area (Å²) in [6.07, 6.45) is 3.09. The normalized spacial score (nSPS) is 11.8. The summed E-state index contributed by atoms with van der Waals surface area (Å²) in [7, 11) is 0. The van der Waals surface area contributed by atoms with Crippen LogP contribution < -0.4 is 10.9 Å². The highest BCUT2D eigenvalue weighted by atomic mass is 35.5. The number of nitrogens with one attached hydrogen (secondary N) is 1. The number of hydrogen-bond acceptors (Lipinski definition) is 4. The van der Waals surface area contributed by atoms with Gasteiger partial charge in [0, 0.05) is 11.2 Å². The van der Waals surface area contributed by atoms with Gasteiger partial charge in [-0.25, -0.2) is 4.39 Å². The van der Waals surface area contributed by atoms with Crippen LogP contribution in [0.15, 0.2) is 83.9 Å². The lowest BCUT2D eigenvalue weighted by molar-refractivity contribution is 0.624. The van der Waals surface area contributed by atoms with Crippen LogP contribution in [0.4, 0.5) is 10.1 Å². The molecule has 4 aromatic rings. The summed E-state index contributed by atoms with van der Waals surface area (Å²) in [5, 5.41) is 7.90. The topological polar surface area (TPSA) is 59.8 Å². The minimum absolute atomic E-state index is 0.0442. The second-order valence-corrected chi connectivity index (χ2v) is 7.27. The van der Waals surface area contributed by atoms with Crippen LogP contribution >= 0.6 is 23.2 Å². The van der Waals surface area contributed by atoms with E-state index < -0.39 is 11.6 Å². The van der Waals surface area contributed by atoms with Crippen LogP contribution in [0.3, 0.4) is 0 Å². The molecular formula is C22H15Cl2FN4O. The van der Waals surface area contributed by atoms with Gasteiger partial charge in [0.15, 0.2) is 0 Å². The first-order chi connectivity index (χ1) is 14.5. The lowest BCUT2D eigenvalue weighted by Crippen LogP contribution is -2.24. The number of aromatic nitrogens is 3. The Bertz CT molecular complexity index is 1230. The SMILES string of the molecule is O=c1c(Cl)c(NC(c2cccc(F)c2)c2ccccn2)cnn1-c1ccc(Cl)cc1. The summed E-state index contributed by atoms with van der Waals surface area (Å²) in [6, 6.07) is 17.7. The van der Waals surface area contributed by atoms with E-state index in [1.807, 2.05) is 6.07 Å². The molecular weight excluding hydrogens is 426 g/mol. The molecule has 0 radical (unpaired) electrons. The zero-order valence-corrected chi connectivity index (χ0v) is 17.0. The molecule has 4 rings (SSSR count). The molecule has 8 heteroatoms. The average Bonchev–Trinajstić information content (AvgIpc) is 2.76. The van der Waals surface area contributed by atoms with E-state index >= 15 is 0 Å². The van der Waals surface area contributed by atoms with Crippen molar-refractivity contribution in [3.63, 3.8) is 0 Å². The number of rotatable bonds is 5. The van der Waals surface area contributed by atoms with Crippen LogP contribution in [0, 0.1) is 5.82 Å². The van der Waals surface area contributed by atoms with E-state index in [0.29, 0.717) is 27.7 Å². The molecule has 0 aliphatic carbocycles. The molecule has 1 atom stereocenters. The van der Waals surface area contributed by atoms with E-state index in [9.17, 15) is 9.18 Å². The minimum Gasteiger partial charge on any atom is -0.370 e. The van der Waals surface area contributed by atoms with Crippen molar-refractivity contribution in [2.24, 2.45) is 0 Å². The summed E-state index contributed by atoms with van der Waals surface area (Å²) >= 11 is 12.3. The van der Waals surface area contributed by atoms with Gasteiger partial charge in [0.1, 0.15) is 10.8 Å². The highest BCUT2D eigenvalue weighted by molar-refractivity contribution is 6.33. The van der Waals surface area contributed by atoms with E-state index in [-0.39, 0.29) is 10.8 Å². The maximum Gasteiger partial charge on any atom is 0.292 e. The zero-order chi connectivity index (χ0) is 21.1. The molecule has 0 saturated heterocycles. The van der Waals surface area contributed by atoms with Gasteiger partial charge in [0.05, 0.1) is 29.3 Å². The Labute approximate surface area is 181 Å². The fourth-order valence-electron chi connectivity index (χ4n) is 3.02. The van der Waals surface area contributed by atoms with E-state index in [4.69, 9.17) is 23.2 Å². The van der Waals surface area contributed by atoms with E-state index in [1.54, 1.807) is 54.7 Å². The smallest absolute Gasteiger partial charge is 0.292 e. The van der Waals surface area contributed by atoms with E-state index in [2.05, 4.69) is 15.4 Å². The number of halogens is 3. The summed E-state index contributed by atoms with van der Waals surface area (Å²) in [4.78, 5) is 17.2. The minimum atomic E-state index is -0.535. The van der Waals surface area contributed by atoms with Gasteiger partial charge in [-0.2, -0.15) is 9.78 Å². The molecule has 0 spiro atoms. The van der Waals surface area contributed by atoms with Gasteiger partial charge in [0.2, 0.25) is 0 Å². The standard InChI is InChI=1S/C22H15Cl2FN4O/c23-15-7-9-17(10-8-15)29-22(30)20(24)19(13-27-29)28-21(18-6-1-2-11-26-18)14-4-3-5-16(25)12-14/h1-13,21,28H. The van der Waals surface area contributed by atoms with Crippen molar-refractivity contribution in [1.29, 1.82) is 0 Å². The highest BCUT2D eigenvalue weighted by Gasteiger charge is 2.19. The molecule has 2 aromatic carbocycles. The number of benzene rings is 2. The van der Waals surface area contributed by atoms with Crippen molar-refractivity contribution in [1.82, 2.24) is 14.8 Å². The van der Waals surface area contributed by atoms with Crippen molar-refractivity contribution in [2.75, 3.05) is 5.32 Å². The van der Waals surface area contributed by atoms with Gasteiger partial charge in [-0.05, 0) is 54.1 Å². The van der Waals surface area contributed by atoms with Crippen molar-refractivity contribution < 1.29 is 4.39 Å². The lowest BCUT2D eigenvalue weighted by atomic mass is 10.0. The Morgan fingerprint density at radius 2 is 1.80 bits per heavy atom. The average molecular weight is 441 g/mol. The zero-order valence-electron chi connectivity index (χ0n) is 15.5. The predicted octanol–water partition coefficient (Wildman–Crippen LogP) is 5.27. The van der Waals surface area contributed by atoms with Gasteiger partial charge in [-0.1, -0.05) is 41.4 Å². The van der Waals surface area contributed by atoms with Crippen LogP contribution in [-0.2, 0) is 0 Å². The Morgan fingerprint density at radius 1 is 1.00 bits per heavy atom. The predicted molar refractivity (Wildman–Crippen MR) is 116 cm³/mol. The summed E-state index contributed by atoms with van der Waals surface area (Å²) in [6.45, 7) is 0. The summed E-state index contributed by atoms with van der Waals surface area (Å²) in [5.74, 6) is -0.377. The third-order valence-electron chi connectivity index (χ3n) is 4.46. The number of hydrogen-bond donors (Lipinski definition) is 1.